The first-order valence-electron chi connectivity index (χ1n) is 8.72. The number of urea groups is 1. The lowest BCUT2D eigenvalue weighted by Crippen LogP contribution is -2.39. The lowest BCUT2D eigenvalue weighted by molar-refractivity contribution is -0.117. The highest BCUT2D eigenvalue weighted by Crippen LogP contribution is 2.35. The van der Waals surface area contributed by atoms with Gasteiger partial charge in [-0.15, -0.1) is 0 Å². The van der Waals surface area contributed by atoms with Crippen molar-refractivity contribution in [1.82, 2.24) is 5.32 Å². The van der Waals surface area contributed by atoms with Crippen molar-refractivity contribution < 1.29 is 27.8 Å². The topological polar surface area (TPSA) is 79.9 Å². The van der Waals surface area contributed by atoms with Gasteiger partial charge >= 0.3 is 6.03 Å². The van der Waals surface area contributed by atoms with Gasteiger partial charge < -0.3 is 25.0 Å². The van der Waals surface area contributed by atoms with Crippen LogP contribution < -0.4 is 25.0 Å². The fraction of sp³-hybridized carbons (Fsp3) is 0.263. The Bertz CT molecular complexity index is 937. The van der Waals surface area contributed by atoms with Gasteiger partial charge in [-0.1, -0.05) is 0 Å². The van der Waals surface area contributed by atoms with Gasteiger partial charge in [0.1, 0.15) is 24.8 Å². The maximum absolute atomic E-state index is 13.6. The number of ether oxygens (including phenoxy) is 2. The number of nitrogens with zero attached hydrogens (tertiary/aromatic N) is 1. The molecule has 1 atom stereocenters. The molecule has 1 fully saturated rings. The predicted octanol–water partition coefficient (Wildman–Crippen LogP) is 2.66. The first-order valence-corrected chi connectivity index (χ1v) is 8.72. The summed E-state index contributed by atoms with van der Waals surface area (Å²) in [6, 6.07) is 6.77. The van der Waals surface area contributed by atoms with E-state index in [9.17, 15) is 18.4 Å². The van der Waals surface area contributed by atoms with E-state index >= 15 is 0 Å². The van der Waals surface area contributed by atoms with Gasteiger partial charge in [-0.25, -0.2) is 13.6 Å². The second kappa shape index (κ2) is 7.34. The number of fused-ring (bicyclic) bond motifs is 1. The average molecular weight is 389 g/mol. The predicted molar refractivity (Wildman–Crippen MR) is 96.7 cm³/mol. The van der Waals surface area contributed by atoms with E-state index in [0.29, 0.717) is 30.4 Å². The van der Waals surface area contributed by atoms with Crippen LogP contribution in [0.25, 0.3) is 0 Å². The van der Waals surface area contributed by atoms with Crippen LogP contribution in [0, 0.1) is 11.6 Å². The Morgan fingerprint density at radius 2 is 1.86 bits per heavy atom. The van der Waals surface area contributed by atoms with E-state index in [0.717, 1.165) is 18.2 Å². The Morgan fingerprint density at radius 3 is 2.68 bits per heavy atom. The molecule has 0 aliphatic carbocycles. The van der Waals surface area contributed by atoms with Crippen molar-refractivity contribution >= 4 is 23.3 Å². The number of halogens is 2. The summed E-state index contributed by atoms with van der Waals surface area (Å²) in [6.07, 6.45) is 0.0908. The maximum atomic E-state index is 13.6. The van der Waals surface area contributed by atoms with Crippen molar-refractivity contribution in [3.63, 3.8) is 0 Å². The molecule has 7 nitrogen and oxygen atoms in total. The first kappa shape index (κ1) is 18.0. The highest BCUT2D eigenvalue weighted by Gasteiger charge is 2.32. The van der Waals surface area contributed by atoms with Crippen molar-refractivity contribution in [2.45, 2.75) is 12.5 Å². The smallest absolute Gasteiger partial charge is 0.319 e. The summed E-state index contributed by atoms with van der Waals surface area (Å²) in [5, 5.41) is 4.87. The standard InChI is InChI=1S/C19H17F2N3O4/c20-11-1-3-14(21)15(7-11)23-19(26)22-12-8-18(25)24(10-12)13-2-4-16-17(9-13)28-6-5-27-16/h1-4,7,9,12H,5-6,8,10H2,(H2,22,23,26)/t12-/m0/s1. The lowest BCUT2D eigenvalue weighted by atomic mass is 10.2. The molecule has 4 rings (SSSR count). The van der Waals surface area contributed by atoms with Crippen LogP contribution in [0.2, 0.25) is 0 Å². The number of carbonyl (C=O) groups is 2. The molecule has 9 heteroatoms. The third-order valence-electron chi connectivity index (χ3n) is 4.47. The Balaban J connectivity index is 1.40. The Labute approximate surface area is 159 Å². The molecule has 2 aliphatic heterocycles. The molecule has 1 saturated heterocycles. The lowest BCUT2D eigenvalue weighted by Gasteiger charge is -2.22. The fourth-order valence-electron chi connectivity index (χ4n) is 3.19. The minimum atomic E-state index is -0.753. The van der Waals surface area contributed by atoms with Crippen molar-refractivity contribution in [2.24, 2.45) is 0 Å². The Morgan fingerprint density at radius 1 is 1.07 bits per heavy atom. The molecule has 0 aromatic heterocycles. The quantitative estimate of drug-likeness (QED) is 0.846. The Hall–Kier alpha value is -3.36. The molecule has 0 spiro atoms. The van der Waals surface area contributed by atoms with Crippen molar-refractivity contribution in [3.05, 3.63) is 48.0 Å². The van der Waals surface area contributed by atoms with Crippen LogP contribution in [-0.4, -0.2) is 37.7 Å². The number of amides is 3. The molecule has 2 aromatic carbocycles. The molecule has 2 aliphatic rings. The number of rotatable bonds is 3. The molecule has 28 heavy (non-hydrogen) atoms. The van der Waals surface area contributed by atoms with E-state index in [2.05, 4.69) is 10.6 Å². The van der Waals surface area contributed by atoms with E-state index < -0.39 is 23.7 Å². The number of hydrogen-bond donors (Lipinski definition) is 2. The summed E-state index contributed by atoms with van der Waals surface area (Å²) in [4.78, 5) is 26.0. The molecular weight excluding hydrogens is 372 g/mol. The largest absolute Gasteiger partial charge is 0.486 e. The van der Waals surface area contributed by atoms with E-state index in [1.54, 1.807) is 18.2 Å². The van der Waals surface area contributed by atoms with Gasteiger partial charge in [-0.05, 0) is 24.3 Å². The van der Waals surface area contributed by atoms with Crippen molar-refractivity contribution in [2.75, 3.05) is 30.0 Å². The highest BCUT2D eigenvalue weighted by atomic mass is 19.1. The minimum Gasteiger partial charge on any atom is -0.486 e. The molecule has 0 unspecified atom stereocenters. The number of hydrogen-bond acceptors (Lipinski definition) is 4. The van der Waals surface area contributed by atoms with Crippen molar-refractivity contribution in [3.8, 4) is 11.5 Å². The van der Waals surface area contributed by atoms with Crippen LogP contribution in [0.15, 0.2) is 36.4 Å². The molecule has 0 bridgehead atoms. The molecular formula is C19H17F2N3O4. The molecule has 146 valence electrons. The average Bonchev–Trinajstić information content (AvgIpc) is 3.04. The highest BCUT2D eigenvalue weighted by molar-refractivity contribution is 5.98. The second-order valence-corrected chi connectivity index (χ2v) is 6.46. The fourth-order valence-corrected chi connectivity index (χ4v) is 3.19. The third kappa shape index (κ3) is 3.68. The van der Waals surface area contributed by atoms with Crippen LogP contribution in [0.5, 0.6) is 11.5 Å². The summed E-state index contributed by atoms with van der Waals surface area (Å²) in [5.41, 5.74) is 0.362. The van der Waals surface area contributed by atoms with E-state index in [-0.39, 0.29) is 24.6 Å². The van der Waals surface area contributed by atoms with E-state index in [1.165, 1.54) is 4.90 Å². The monoisotopic (exact) mass is 389 g/mol. The van der Waals surface area contributed by atoms with Gasteiger partial charge in [-0.2, -0.15) is 0 Å². The van der Waals surface area contributed by atoms with Crippen LogP contribution in [0.3, 0.4) is 0 Å². The van der Waals surface area contributed by atoms with Crippen LogP contribution in [0.4, 0.5) is 25.0 Å². The molecule has 3 amide bonds. The zero-order valence-electron chi connectivity index (χ0n) is 14.7. The maximum Gasteiger partial charge on any atom is 0.319 e. The summed E-state index contributed by atoms with van der Waals surface area (Å²) in [7, 11) is 0. The summed E-state index contributed by atoms with van der Waals surface area (Å²) >= 11 is 0. The van der Waals surface area contributed by atoms with E-state index in [4.69, 9.17) is 9.47 Å². The molecule has 0 saturated carbocycles. The minimum absolute atomic E-state index is 0.0908. The molecule has 2 N–H and O–H groups in total. The van der Waals surface area contributed by atoms with Crippen molar-refractivity contribution in [1.29, 1.82) is 0 Å². The summed E-state index contributed by atoms with van der Waals surface area (Å²) < 4.78 is 37.8. The van der Waals surface area contributed by atoms with Crippen LogP contribution in [0.1, 0.15) is 6.42 Å². The Kier molecular flexibility index (Phi) is 4.72. The summed E-state index contributed by atoms with van der Waals surface area (Å²) in [5.74, 6) is -0.409. The van der Waals surface area contributed by atoms with Crippen LogP contribution >= 0.6 is 0 Å². The second-order valence-electron chi connectivity index (χ2n) is 6.46. The van der Waals surface area contributed by atoms with Gasteiger partial charge in [0.2, 0.25) is 5.91 Å². The van der Waals surface area contributed by atoms with Gasteiger partial charge in [0.05, 0.1) is 11.7 Å². The molecule has 2 heterocycles. The van der Waals surface area contributed by atoms with Gasteiger partial charge in [0.25, 0.3) is 0 Å². The molecule has 0 radical (unpaired) electrons. The molecule has 2 aromatic rings. The number of anilines is 2. The number of benzene rings is 2. The van der Waals surface area contributed by atoms with Crippen LogP contribution in [-0.2, 0) is 4.79 Å². The normalized spacial score (nSPS) is 18.1. The zero-order valence-corrected chi connectivity index (χ0v) is 14.7. The van der Waals surface area contributed by atoms with Gasteiger partial charge in [-0.3, -0.25) is 4.79 Å². The third-order valence-corrected chi connectivity index (χ3v) is 4.47. The summed E-state index contributed by atoms with van der Waals surface area (Å²) in [6.45, 7) is 1.16. The number of carbonyl (C=O) groups excluding carboxylic acids is 2. The van der Waals surface area contributed by atoms with Gasteiger partial charge in [0, 0.05) is 30.8 Å². The van der Waals surface area contributed by atoms with Gasteiger partial charge in [0.15, 0.2) is 11.5 Å². The van der Waals surface area contributed by atoms with E-state index in [1.807, 2.05) is 0 Å². The zero-order chi connectivity index (χ0) is 19.7. The SMILES string of the molecule is O=C(Nc1cc(F)ccc1F)N[C@H]1CC(=O)N(c2ccc3c(c2)OCCO3)C1. The first-order chi connectivity index (χ1) is 13.5. The number of nitrogens with one attached hydrogen (secondary N) is 2.